The molecule has 3 aromatic carbocycles. The molecule has 10 heteroatoms. The maximum absolute atomic E-state index is 13.2. The minimum Gasteiger partial charge on any atom is -0.494 e. The first-order chi connectivity index (χ1) is 22.7. The molecular weight excluding hydrogens is 604 g/mol. The quantitative estimate of drug-likeness (QED) is 0.0558. The molecule has 0 atom stereocenters. The van der Waals surface area contributed by atoms with Crippen LogP contribution in [0.5, 0.6) is 23.0 Å². The zero-order valence-corrected chi connectivity index (χ0v) is 27.2. The molecule has 0 aliphatic rings. The van der Waals surface area contributed by atoms with Crippen molar-refractivity contribution in [2.75, 3.05) is 26.4 Å². The Morgan fingerprint density at radius 1 is 0.574 bits per heavy atom. The summed E-state index contributed by atoms with van der Waals surface area (Å²) in [6, 6.07) is 17.1. The van der Waals surface area contributed by atoms with Gasteiger partial charge in [-0.05, 0) is 99.3 Å². The van der Waals surface area contributed by atoms with Crippen molar-refractivity contribution in [2.45, 2.75) is 59.3 Å². The van der Waals surface area contributed by atoms with Crippen LogP contribution in [0.4, 0.5) is 0 Å². The molecule has 0 aromatic heterocycles. The molecule has 0 amide bonds. The molecule has 0 heterocycles. The molecule has 0 bridgehead atoms. The number of carbonyl (C=O) groups excluding carboxylic acids is 4. The Bertz CT molecular complexity index is 1490. The summed E-state index contributed by atoms with van der Waals surface area (Å²) in [5, 5.41) is 0. The fourth-order valence-electron chi connectivity index (χ4n) is 3.92. The molecule has 0 saturated heterocycles. The fraction of sp³-hybridized carbons (Fsp3) is 0.351. The summed E-state index contributed by atoms with van der Waals surface area (Å²) < 4.78 is 32.9. The monoisotopic (exact) mass is 646 g/mol. The van der Waals surface area contributed by atoms with Gasteiger partial charge in [-0.25, -0.2) is 19.2 Å². The molecule has 250 valence electrons. The second kappa shape index (κ2) is 19.4. The average molecular weight is 647 g/mol. The third kappa shape index (κ3) is 12.3. The number of hydrogen-bond donors (Lipinski definition) is 0. The van der Waals surface area contributed by atoms with E-state index in [0.29, 0.717) is 43.1 Å². The number of rotatable bonds is 19. The summed E-state index contributed by atoms with van der Waals surface area (Å²) in [7, 11) is 0. The normalized spacial score (nSPS) is 10.4. The highest BCUT2D eigenvalue weighted by Gasteiger charge is 2.21. The second-order valence-corrected chi connectivity index (χ2v) is 10.6. The Hall–Kier alpha value is -5.12. The van der Waals surface area contributed by atoms with Crippen LogP contribution < -0.4 is 18.9 Å². The van der Waals surface area contributed by atoms with Crippen LogP contribution in [0.1, 0.15) is 90.4 Å². The van der Waals surface area contributed by atoms with Crippen LogP contribution in [0.2, 0.25) is 0 Å². The van der Waals surface area contributed by atoms with Crippen molar-refractivity contribution in [3.05, 3.63) is 95.6 Å². The number of benzene rings is 3. The maximum Gasteiger partial charge on any atom is 0.343 e. The minimum absolute atomic E-state index is 0.00697. The molecule has 3 rings (SSSR count). The van der Waals surface area contributed by atoms with Gasteiger partial charge in [0.05, 0.1) is 37.6 Å². The molecule has 0 unspecified atom stereocenters. The van der Waals surface area contributed by atoms with E-state index in [4.69, 9.17) is 28.4 Å². The summed E-state index contributed by atoms with van der Waals surface area (Å²) in [5.74, 6) is -1.41. The maximum atomic E-state index is 13.2. The highest BCUT2D eigenvalue weighted by atomic mass is 16.6. The molecule has 10 nitrogen and oxygen atoms in total. The van der Waals surface area contributed by atoms with E-state index in [1.807, 2.05) is 0 Å². The number of carbonyl (C=O) groups is 4. The van der Waals surface area contributed by atoms with E-state index in [1.165, 1.54) is 18.2 Å². The van der Waals surface area contributed by atoms with Crippen molar-refractivity contribution in [3.63, 3.8) is 0 Å². The molecular formula is C37H42O10. The second-order valence-electron chi connectivity index (χ2n) is 10.6. The molecule has 0 fully saturated rings. The summed E-state index contributed by atoms with van der Waals surface area (Å²) in [6.45, 7) is 10.5. The molecule has 0 aliphatic heterocycles. The smallest absolute Gasteiger partial charge is 0.343 e. The standard InChI is InChI=1S/C37H42O10/c1-5-7-21-42-29-15-11-27(12-16-29)35(39)46-31-19-20-33(47-36(40)28-13-17-30(18-14-28)43-22-8-6-2)32(25-31)37(41)45-24-10-9-23-44-34(38)26(3)4/h11-20,25H,3,5-10,21-24H2,1-2,4H3. The Balaban J connectivity index is 1.71. The van der Waals surface area contributed by atoms with Gasteiger partial charge in [0.2, 0.25) is 0 Å². The molecule has 0 saturated carbocycles. The first-order valence-electron chi connectivity index (χ1n) is 15.8. The zero-order valence-electron chi connectivity index (χ0n) is 27.2. The zero-order chi connectivity index (χ0) is 34.0. The third-order valence-electron chi connectivity index (χ3n) is 6.65. The van der Waals surface area contributed by atoms with E-state index in [1.54, 1.807) is 55.5 Å². The van der Waals surface area contributed by atoms with Crippen molar-refractivity contribution < 1.29 is 47.6 Å². The van der Waals surface area contributed by atoms with Crippen LogP contribution in [0.25, 0.3) is 0 Å². The summed E-state index contributed by atoms with van der Waals surface area (Å²) in [5.41, 5.74) is 0.705. The fourth-order valence-corrected chi connectivity index (χ4v) is 3.92. The van der Waals surface area contributed by atoms with Crippen LogP contribution in [-0.2, 0) is 14.3 Å². The number of hydrogen-bond acceptors (Lipinski definition) is 10. The molecule has 0 aliphatic carbocycles. The van der Waals surface area contributed by atoms with Gasteiger partial charge in [0, 0.05) is 5.57 Å². The third-order valence-corrected chi connectivity index (χ3v) is 6.65. The van der Waals surface area contributed by atoms with Crippen LogP contribution >= 0.6 is 0 Å². The van der Waals surface area contributed by atoms with Crippen LogP contribution in [-0.4, -0.2) is 50.3 Å². The highest BCUT2D eigenvalue weighted by Crippen LogP contribution is 2.27. The SMILES string of the molecule is C=C(C)C(=O)OCCCCOC(=O)c1cc(OC(=O)c2ccc(OCCCC)cc2)ccc1OC(=O)c1ccc(OCCCC)cc1. The van der Waals surface area contributed by atoms with Crippen LogP contribution in [0.15, 0.2) is 78.9 Å². The van der Waals surface area contributed by atoms with E-state index in [-0.39, 0.29) is 41.4 Å². The summed E-state index contributed by atoms with van der Waals surface area (Å²) >= 11 is 0. The van der Waals surface area contributed by atoms with E-state index in [0.717, 1.165) is 25.7 Å². The number of ether oxygens (including phenoxy) is 6. The largest absolute Gasteiger partial charge is 0.494 e. The number of esters is 4. The summed E-state index contributed by atoms with van der Waals surface area (Å²) in [6.07, 6.45) is 4.70. The van der Waals surface area contributed by atoms with Crippen LogP contribution in [0.3, 0.4) is 0 Å². The predicted molar refractivity (Wildman–Crippen MR) is 175 cm³/mol. The predicted octanol–water partition coefficient (Wildman–Crippen LogP) is 7.54. The van der Waals surface area contributed by atoms with Gasteiger partial charge in [-0.1, -0.05) is 33.3 Å². The van der Waals surface area contributed by atoms with E-state index in [9.17, 15) is 19.2 Å². The van der Waals surface area contributed by atoms with E-state index < -0.39 is 23.9 Å². The van der Waals surface area contributed by atoms with Crippen LogP contribution in [0, 0.1) is 0 Å². The van der Waals surface area contributed by atoms with Gasteiger partial charge < -0.3 is 28.4 Å². The van der Waals surface area contributed by atoms with Gasteiger partial charge >= 0.3 is 23.9 Å². The van der Waals surface area contributed by atoms with Gasteiger partial charge in [-0.15, -0.1) is 0 Å². The minimum atomic E-state index is -0.794. The van der Waals surface area contributed by atoms with Gasteiger partial charge in [-0.2, -0.15) is 0 Å². The molecule has 0 spiro atoms. The molecule has 3 aromatic rings. The Kier molecular flexibility index (Phi) is 15.0. The lowest BCUT2D eigenvalue weighted by Gasteiger charge is -2.13. The van der Waals surface area contributed by atoms with E-state index in [2.05, 4.69) is 20.4 Å². The Labute approximate surface area is 275 Å². The number of unbranched alkanes of at least 4 members (excludes halogenated alkanes) is 3. The first kappa shape index (κ1) is 36.3. The molecule has 0 radical (unpaired) electrons. The molecule has 0 N–H and O–H groups in total. The lowest BCUT2D eigenvalue weighted by molar-refractivity contribution is -0.139. The first-order valence-corrected chi connectivity index (χ1v) is 15.8. The Morgan fingerprint density at radius 2 is 1.06 bits per heavy atom. The lowest BCUT2D eigenvalue weighted by Crippen LogP contribution is -2.15. The van der Waals surface area contributed by atoms with Gasteiger partial charge in [0.25, 0.3) is 0 Å². The highest BCUT2D eigenvalue weighted by molar-refractivity contribution is 5.97. The molecule has 47 heavy (non-hydrogen) atoms. The Morgan fingerprint density at radius 3 is 1.57 bits per heavy atom. The summed E-state index contributed by atoms with van der Waals surface area (Å²) in [4.78, 5) is 50.6. The van der Waals surface area contributed by atoms with E-state index >= 15 is 0 Å². The van der Waals surface area contributed by atoms with Crippen molar-refractivity contribution in [1.82, 2.24) is 0 Å². The topological polar surface area (TPSA) is 124 Å². The van der Waals surface area contributed by atoms with Crippen molar-refractivity contribution >= 4 is 23.9 Å². The van der Waals surface area contributed by atoms with Gasteiger partial charge in [-0.3, -0.25) is 0 Å². The van der Waals surface area contributed by atoms with Crippen molar-refractivity contribution in [1.29, 1.82) is 0 Å². The van der Waals surface area contributed by atoms with Gasteiger partial charge in [0.15, 0.2) is 0 Å². The van der Waals surface area contributed by atoms with Gasteiger partial charge in [0.1, 0.15) is 28.6 Å². The van der Waals surface area contributed by atoms with Crippen molar-refractivity contribution in [2.24, 2.45) is 0 Å². The average Bonchev–Trinajstić information content (AvgIpc) is 3.07. The lowest BCUT2D eigenvalue weighted by atomic mass is 10.1. The van der Waals surface area contributed by atoms with Crippen molar-refractivity contribution in [3.8, 4) is 23.0 Å².